The number of ether oxygens (including phenoxy) is 2. The Hall–Kier alpha value is -3.50. The molecular formula is C23H28N4O6. The van der Waals surface area contributed by atoms with Gasteiger partial charge in [0.25, 0.3) is 0 Å². The highest BCUT2D eigenvalue weighted by Gasteiger charge is 2.15. The van der Waals surface area contributed by atoms with E-state index in [2.05, 4.69) is 16.4 Å². The smallest absolute Gasteiger partial charge is 0.305 e. The summed E-state index contributed by atoms with van der Waals surface area (Å²) in [6, 6.07) is 5.63. The first kappa shape index (κ1) is 24.1. The first-order chi connectivity index (χ1) is 15.8. The third-order valence-corrected chi connectivity index (χ3v) is 5.18. The van der Waals surface area contributed by atoms with Crippen LogP contribution in [0.15, 0.2) is 36.9 Å². The molecular weight excluding hydrogens is 428 g/mol. The number of aryl methyl sites for hydroxylation is 2. The highest BCUT2D eigenvalue weighted by molar-refractivity contribution is 5.92. The molecule has 0 saturated carbocycles. The molecule has 0 saturated heterocycles. The number of nitrogens with one attached hydrogen (secondary N) is 1. The van der Waals surface area contributed by atoms with Gasteiger partial charge in [-0.05, 0) is 25.0 Å². The average molecular weight is 456 g/mol. The lowest BCUT2D eigenvalue weighted by Gasteiger charge is -2.21. The minimum atomic E-state index is -0.941. The SMILES string of the molecule is Cc1ccc2c(-n3ccnc3)cc(NC(COCCC(=O)O)COCCC(=O)O)nc2c1C. The van der Waals surface area contributed by atoms with E-state index in [1.165, 1.54) is 0 Å². The summed E-state index contributed by atoms with van der Waals surface area (Å²) < 4.78 is 12.9. The molecule has 0 aliphatic carbocycles. The minimum Gasteiger partial charge on any atom is -0.481 e. The van der Waals surface area contributed by atoms with Gasteiger partial charge in [0.05, 0.1) is 62.8 Å². The van der Waals surface area contributed by atoms with Crippen molar-refractivity contribution in [2.75, 3.05) is 31.7 Å². The summed E-state index contributed by atoms with van der Waals surface area (Å²) in [4.78, 5) is 30.5. The lowest BCUT2D eigenvalue weighted by Crippen LogP contribution is -2.32. The van der Waals surface area contributed by atoms with Crippen LogP contribution in [0.1, 0.15) is 24.0 Å². The van der Waals surface area contributed by atoms with Crippen LogP contribution in [0.4, 0.5) is 5.82 Å². The van der Waals surface area contributed by atoms with Crippen molar-refractivity contribution in [2.45, 2.75) is 32.7 Å². The van der Waals surface area contributed by atoms with E-state index in [0.29, 0.717) is 5.82 Å². The van der Waals surface area contributed by atoms with E-state index in [4.69, 9.17) is 24.7 Å². The predicted molar refractivity (Wildman–Crippen MR) is 122 cm³/mol. The molecule has 10 heteroatoms. The fourth-order valence-electron chi connectivity index (χ4n) is 3.31. The van der Waals surface area contributed by atoms with Crippen LogP contribution < -0.4 is 5.32 Å². The summed E-state index contributed by atoms with van der Waals surface area (Å²) in [5, 5.41) is 21.9. The van der Waals surface area contributed by atoms with Crippen molar-refractivity contribution in [3.05, 3.63) is 48.0 Å². The number of rotatable bonds is 13. The van der Waals surface area contributed by atoms with Crippen molar-refractivity contribution in [3.8, 4) is 5.69 Å². The molecule has 10 nitrogen and oxygen atoms in total. The van der Waals surface area contributed by atoms with Gasteiger partial charge in [-0.25, -0.2) is 9.97 Å². The summed E-state index contributed by atoms with van der Waals surface area (Å²) in [5.41, 5.74) is 3.93. The standard InChI is InChI=1S/C23H28N4O6/c1-15-3-4-18-19(27-8-7-24-14-27)11-20(26-23(18)16(15)2)25-17(12-32-9-5-21(28)29)13-33-10-6-22(30)31/h3-4,7-8,11,14,17H,5-6,9-10,12-13H2,1-2H3,(H,25,26)(H,28,29)(H,30,31). The number of pyridine rings is 1. The molecule has 3 rings (SSSR count). The third kappa shape index (κ3) is 6.74. The summed E-state index contributed by atoms with van der Waals surface area (Å²) in [5.74, 6) is -1.29. The van der Waals surface area contributed by atoms with E-state index < -0.39 is 11.9 Å². The Bertz CT molecular complexity index is 1080. The zero-order valence-electron chi connectivity index (χ0n) is 18.7. The third-order valence-electron chi connectivity index (χ3n) is 5.18. The second kappa shape index (κ2) is 11.4. The zero-order chi connectivity index (χ0) is 23.8. The Labute approximate surface area is 191 Å². The number of nitrogens with zero attached hydrogens (tertiary/aromatic N) is 3. The summed E-state index contributed by atoms with van der Waals surface area (Å²) in [6.45, 7) is 4.52. The largest absolute Gasteiger partial charge is 0.481 e. The van der Waals surface area contributed by atoms with E-state index in [9.17, 15) is 9.59 Å². The van der Waals surface area contributed by atoms with Gasteiger partial charge in [-0.2, -0.15) is 0 Å². The maximum Gasteiger partial charge on any atom is 0.305 e. The van der Waals surface area contributed by atoms with Crippen molar-refractivity contribution in [1.82, 2.24) is 14.5 Å². The first-order valence-electron chi connectivity index (χ1n) is 10.6. The fourth-order valence-corrected chi connectivity index (χ4v) is 3.31. The van der Waals surface area contributed by atoms with Gasteiger partial charge in [-0.3, -0.25) is 9.59 Å². The number of fused-ring (bicyclic) bond motifs is 1. The number of hydrogen-bond acceptors (Lipinski definition) is 7. The fraction of sp³-hybridized carbons (Fsp3) is 0.391. The molecule has 2 heterocycles. The van der Waals surface area contributed by atoms with Crippen molar-refractivity contribution in [1.29, 1.82) is 0 Å². The molecule has 3 N–H and O–H groups in total. The van der Waals surface area contributed by atoms with Crippen molar-refractivity contribution in [2.24, 2.45) is 0 Å². The molecule has 176 valence electrons. The van der Waals surface area contributed by atoms with Crippen molar-refractivity contribution >= 4 is 28.7 Å². The van der Waals surface area contributed by atoms with E-state index >= 15 is 0 Å². The first-order valence-corrected chi connectivity index (χ1v) is 10.6. The molecule has 0 amide bonds. The molecule has 1 aromatic carbocycles. The highest BCUT2D eigenvalue weighted by atomic mass is 16.5. The van der Waals surface area contributed by atoms with E-state index in [1.54, 1.807) is 12.5 Å². The Balaban J connectivity index is 1.85. The van der Waals surface area contributed by atoms with Gasteiger partial charge < -0.3 is 29.6 Å². The van der Waals surface area contributed by atoms with Crippen LogP contribution in [0.5, 0.6) is 0 Å². The molecule has 0 aliphatic heterocycles. The lowest BCUT2D eigenvalue weighted by molar-refractivity contribution is -0.139. The lowest BCUT2D eigenvalue weighted by atomic mass is 10.0. The molecule has 2 aromatic heterocycles. The molecule has 0 unspecified atom stereocenters. The monoisotopic (exact) mass is 456 g/mol. The van der Waals surface area contributed by atoms with Gasteiger partial charge >= 0.3 is 11.9 Å². The van der Waals surface area contributed by atoms with Crippen LogP contribution in [-0.4, -0.2) is 69.2 Å². The topological polar surface area (TPSA) is 136 Å². The molecule has 0 aliphatic rings. The number of carbonyl (C=O) groups is 2. The number of benzene rings is 1. The van der Waals surface area contributed by atoms with Gasteiger partial charge in [0, 0.05) is 23.8 Å². The number of hydrogen-bond donors (Lipinski definition) is 3. The average Bonchev–Trinajstić information content (AvgIpc) is 3.31. The van der Waals surface area contributed by atoms with Crippen molar-refractivity contribution in [3.63, 3.8) is 0 Å². The second-order valence-corrected chi connectivity index (χ2v) is 7.68. The quantitative estimate of drug-likeness (QED) is 0.332. The Morgan fingerprint density at radius 1 is 1.09 bits per heavy atom. The van der Waals surface area contributed by atoms with E-state index in [0.717, 1.165) is 27.7 Å². The number of aromatic nitrogens is 3. The number of carboxylic acid groups (broad SMARTS) is 2. The minimum absolute atomic E-state index is 0.0619. The van der Waals surface area contributed by atoms with Crippen LogP contribution in [0.3, 0.4) is 0 Å². The molecule has 0 fully saturated rings. The van der Waals surface area contributed by atoms with Crippen molar-refractivity contribution < 1.29 is 29.3 Å². The van der Waals surface area contributed by atoms with Crippen LogP contribution in [0.2, 0.25) is 0 Å². The van der Waals surface area contributed by atoms with Gasteiger partial charge in [-0.15, -0.1) is 0 Å². The normalized spacial score (nSPS) is 11.2. The molecule has 0 radical (unpaired) electrons. The van der Waals surface area contributed by atoms with Crippen LogP contribution in [-0.2, 0) is 19.1 Å². The van der Waals surface area contributed by atoms with Gasteiger partial charge in [0.2, 0.25) is 0 Å². The van der Waals surface area contributed by atoms with Crippen LogP contribution in [0.25, 0.3) is 16.6 Å². The molecule has 33 heavy (non-hydrogen) atoms. The Morgan fingerprint density at radius 2 is 1.76 bits per heavy atom. The van der Waals surface area contributed by atoms with Crippen LogP contribution in [0, 0.1) is 13.8 Å². The highest BCUT2D eigenvalue weighted by Crippen LogP contribution is 2.28. The second-order valence-electron chi connectivity index (χ2n) is 7.68. The Kier molecular flexibility index (Phi) is 8.34. The molecule has 3 aromatic rings. The molecule has 0 bridgehead atoms. The molecule has 0 atom stereocenters. The maximum atomic E-state index is 10.8. The van der Waals surface area contributed by atoms with Gasteiger partial charge in [0.15, 0.2) is 0 Å². The summed E-state index contributed by atoms with van der Waals surface area (Å²) >= 11 is 0. The summed E-state index contributed by atoms with van der Waals surface area (Å²) in [7, 11) is 0. The number of carboxylic acids is 2. The predicted octanol–water partition coefficient (Wildman–Crippen LogP) is 2.80. The zero-order valence-corrected chi connectivity index (χ0v) is 18.7. The number of imidazole rings is 1. The van der Waals surface area contributed by atoms with Gasteiger partial charge in [0.1, 0.15) is 5.82 Å². The van der Waals surface area contributed by atoms with Gasteiger partial charge in [-0.1, -0.05) is 12.1 Å². The maximum absolute atomic E-state index is 10.8. The number of aliphatic carboxylic acids is 2. The summed E-state index contributed by atoms with van der Waals surface area (Å²) in [6.07, 6.45) is 5.06. The number of anilines is 1. The van der Waals surface area contributed by atoms with E-state index in [1.807, 2.05) is 36.7 Å². The van der Waals surface area contributed by atoms with Crippen LogP contribution >= 0.6 is 0 Å². The Morgan fingerprint density at radius 3 is 2.33 bits per heavy atom. The van der Waals surface area contributed by atoms with E-state index in [-0.39, 0.29) is 45.3 Å². The molecule has 0 spiro atoms.